The van der Waals surface area contributed by atoms with Crippen molar-refractivity contribution in [1.82, 2.24) is 19.6 Å². The van der Waals surface area contributed by atoms with Gasteiger partial charge in [-0.15, -0.1) is 0 Å². The fourth-order valence-electron chi connectivity index (χ4n) is 1.97. The van der Waals surface area contributed by atoms with Crippen molar-refractivity contribution in [2.24, 2.45) is 11.7 Å². The molecule has 2 aromatic heterocycles. The molecule has 104 valence electrons. The molecule has 19 heavy (non-hydrogen) atoms. The summed E-state index contributed by atoms with van der Waals surface area (Å²) in [6, 6.07) is 1.76. The molecule has 0 aliphatic carbocycles. The van der Waals surface area contributed by atoms with Gasteiger partial charge in [-0.3, -0.25) is 0 Å². The van der Waals surface area contributed by atoms with Gasteiger partial charge in [0.05, 0.1) is 0 Å². The highest BCUT2D eigenvalue weighted by molar-refractivity contribution is 5.49. The zero-order chi connectivity index (χ0) is 13.8. The van der Waals surface area contributed by atoms with Crippen molar-refractivity contribution in [2.75, 3.05) is 18.4 Å². The van der Waals surface area contributed by atoms with E-state index in [0.717, 1.165) is 31.7 Å². The molecule has 2 aromatic rings. The lowest BCUT2D eigenvalue weighted by molar-refractivity contribution is 0.529. The normalized spacial score (nSPS) is 12.8. The van der Waals surface area contributed by atoms with E-state index in [1.54, 1.807) is 13.0 Å². The number of rotatable bonds is 6. The highest BCUT2D eigenvalue weighted by Crippen LogP contribution is 2.09. The highest BCUT2D eigenvalue weighted by atomic mass is 16.1. The van der Waals surface area contributed by atoms with Crippen LogP contribution >= 0.6 is 0 Å². The molecule has 0 fully saturated rings. The molecular formula is C12H20N6O. The lowest BCUT2D eigenvalue weighted by Gasteiger charge is -2.09. The lowest BCUT2D eigenvalue weighted by atomic mass is 10.1. The van der Waals surface area contributed by atoms with E-state index in [9.17, 15) is 4.79 Å². The Labute approximate surface area is 111 Å². The Bertz CT molecular complexity index is 602. The molecule has 4 N–H and O–H groups in total. The molecule has 0 amide bonds. The van der Waals surface area contributed by atoms with Crippen LogP contribution in [0.15, 0.2) is 10.9 Å². The predicted octanol–water partition coefficient (Wildman–Crippen LogP) is 0.513. The van der Waals surface area contributed by atoms with Crippen molar-refractivity contribution >= 4 is 11.5 Å². The zero-order valence-electron chi connectivity index (χ0n) is 11.3. The van der Waals surface area contributed by atoms with Crippen LogP contribution in [0.2, 0.25) is 0 Å². The lowest BCUT2D eigenvalue weighted by Crippen LogP contribution is -2.15. The van der Waals surface area contributed by atoms with Crippen molar-refractivity contribution in [3.8, 4) is 0 Å². The van der Waals surface area contributed by atoms with Crippen LogP contribution in [0, 0.1) is 12.8 Å². The molecule has 2 rings (SSSR count). The van der Waals surface area contributed by atoms with Crippen molar-refractivity contribution in [3.05, 3.63) is 22.4 Å². The number of aromatic amines is 1. The molecule has 0 aliphatic heterocycles. The summed E-state index contributed by atoms with van der Waals surface area (Å²) >= 11 is 0. The van der Waals surface area contributed by atoms with E-state index in [2.05, 4.69) is 27.4 Å². The molecule has 1 atom stereocenters. The Balaban J connectivity index is 2.00. The molecule has 0 saturated heterocycles. The zero-order valence-corrected chi connectivity index (χ0v) is 11.3. The van der Waals surface area contributed by atoms with E-state index in [0.29, 0.717) is 17.4 Å². The number of hydrogen-bond acceptors (Lipinski definition) is 5. The van der Waals surface area contributed by atoms with E-state index < -0.39 is 0 Å². The molecule has 7 heteroatoms. The van der Waals surface area contributed by atoms with Gasteiger partial charge in [-0.1, -0.05) is 6.92 Å². The number of H-pyrrole nitrogens is 1. The summed E-state index contributed by atoms with van der Waals surface area (Å²) in [5.74, 6) is 1.90. The summed E-state index contributed by atoms with van der Waals surface area (Å²) in [6.45, 7) is 5.48. The third-order valence-corrected chi connectivity index (χ3v) is 3.15. The van der Waals surface area contributed by atoms with Crippen LogP contribution in [0.25, 0.3) is 5.65 Å². The van der Waals surface area contributed by atoms with Crippen molar-refractivity contribution in [3.63, 3.8) is 0 Å². The smallest absolute Gasteiger partial charge is 0.349 e. The van der Waals surface area contributed by atoms with E-state index in [1.165, 1.54) is 4.40 Å². The number of fused-ring (bicyclic) bond motifs is 1. The maximum absolute atomic E-state index is 11.5. The Hall–Kier alpha value is -1.89. The first kappa shape index (κ1) is 13.5. The quantitative estimate of drug-likeness (QED) is 0.660. The third-order valence-electron chi connectivity index (χ3n) is 3.15. The minimum absolute atomic E-state index is 0.261. The predicted molar refractivity (Wildman–Crippen MR) is 74.3 cm³/mol. The average molecular weight is 264 g/mol. The van der Waals surface area contributed by atoms with Gasteiger partial charge in [0.1, 0.15) is 11.6 Å². The van der Waals surface area contributed by atoms with E-state index in [4.69, 9.17) is 5.73 Å². The summed E-state index contributed by atoms with van der Waals surface area (Å²) in [5.41, 5.74) is 5.89. The van der Waals surface area contributed by atoms with E-state index in [-0.39, 0.29) is 5.69 Å². The second-order valence-electron chi connectivity index (χ2n) is 4.82. The summed E-state index contributed by atoms with van der Waals surface area (Å²) in [7, 11) is 0. The Kier molecular flexibility index (Phi) is 4.16. The fourth-order valence-corrected chi connectivity index (χ4v) is 1.97. The first-order chi connectivity index (χ1) is 9.11. The number of aryl methyl sites for hydroxylation is 1. The van der Waals surface area contributed by atoms with E-state index in [1.807, 2.05) is 0 Å². The molecule has 0 bridgehead atoms. The van der Waals surface area contributed by atoms with Crippen molar-refractivity contribution in [1.29, 1.82) is 0 Å². The van der Waals surface area contributed by atoms with Crippen molar-refractivity contribution in [2.45, 2.75) is 26.7 Å². The standard InChI is InChI=1S/C12H20N6O/c1-8(7-13)4-3-5-14-10-6-11-16-17-12(19)18(11)9(2)15-10/h6,8,14H,3-5,7,13H2,1-2H3,(H,17,19). The third kappa shape index (κ3) is 3.11. The van der Waals surface area contributed by atoms with Gasteiger partial charge in [0.25, 0.3) is 0 Å². The van der Waals surface area contributed by atoms with E-state index >= 15 is 0 Å². The molecule has 0 aromatic carbocycles. The molecule has 0 spiro atoms. The second-order valence-corrected chi connectivity index (χ2v) is 4.82. The average Bonchev–Trinajstić information content (AvgIpc) is 2.76. The number of nitrogens with two attached hydrogens (primary N) is 1. The number of nitrogens with zero attached hydrogens (tertiary/aromatic N) is 3. The Morgan fingerprint density at radius 3 is 3.11 bits per heavy atom. The van der Waals surface area contributed by atoms with Gasteiger partial charge in [-0.25, -0.2) is 19.3 Å². The SMILES string of the molecule is Cc1nc(NCCCC(C)CN)cc2n[nH]c(=O)n12. The molecule has 0 saturated carbocycles. The van der Waals surface area contributed by atoms with Gasteiger partial charge < -0.3 is 11.1 Å². The largest absolute Gasteiger partial charge is 0.370 e. The molecular weight excluding hydrogens is 244 g/mol. The van der Waals surface area contributed by atoms with Gasteiger partial charge in [0, 0.05) is 12.6 Å². The van der Waals surface area contributed by atoms with Gasteiger partial charge in [0.2, 0.25) is 0 Å². The van der Waals surface area contributed by atoms with Crippen LogP contribution in [-0.2, 0) is 0 Å². The summed E-state index contributed by atoms with van der Waals surface area (Å²) < 4.78 is 1.45. The topological polar surface area (TPSA) is 101 Å². The Morgan fingerprint density at radius 2 is 2.37 bits per heavy atom. The van der Waals surface area contributed by atoms with Crippen LogP contribution in [-0.4, -0.2) is 32.7 Å². The number of aromatic nitrogens is 4. The van der Waals surface area contributed by atoms with Crippen LogP contribution in [0.4, 0.5) is 5.82 Å². The minimum Gasteiger partial charge on any atom is -0.370 e. The minimum atomic E-state index is -0.261. The van der Waals surface area contributed by atoms with Gasteiger partial charge in [0.15, 0.2) is 5.65 Å². The maximum atomic E-state index is 11.5. The van der Waals surface area contributed by atoms with Crippen LogP contribution in [0.3, 0.4) is 0 Å². The highest BCUT2D eigenvalue weighted by Gasteiger charge is 2.06. The van der Waals surface area contributed by atoms with Gasteiger partial charge in [-0.2, -0.15) is 5.10 Å². The molecule has 2 heterocycles. The molecule has 7 nitrogen and oxygen atoms in total. The van der Waals surface area contributed by atoms with Crippen LogP contribution < -0.4 is 16.7 Å². The summed E-state index contributed by atoms with van der Waals surface area (Å²) in [5, 5.41) is 9.59. The molecule has 1 unspecified atom stereocenters. The second kappa shape index (κ2) is 5.83. The molecule has 0 aliphatic rings. The maximum Gasteiger partial charge on any atom is 0.349 e. The summed E-state index contributed by atoms with van der Waals surface area (Å²) in [6.07, 6.45) is 2.13. The van der Waals surface area contributed by atoms with Gasteiger partial charge in [-0.05, 0) is 32.2 Å². The first-order valence-electron chi connectivity index (χ1n) is 6.50. The number of anilines is 1. The fraction of sp³-hybridized carbons (Fsp3) is 0.583. The first-order valence-corrected chi connectivity index (χ1v) is 6.50. The van der Waals surface area contributed by atoms with Crippen molar-refractivity contribution < 1.29 is 0 Å². The van der Waals surface area contributed by atoms with Crippen LogP contribution in [0.5, 0.6) is 0 Å². The summed E-state index contributed by atoms with van der Waals surface area (Å²) in [4.78, 5) is 15.8. The Morgan fingerprint density at radius 1 is 1.58 bits per heavy atom. The van der Waals surface area contributed by atoms with Gasteiger partial charge >= 0.3 is 5.69 Å². The molecule has 0 radical (unpaired) electrons. The number of hydrogen-bond donors (Lipinski definition) is 3. The monoisotopic (exact) mass is 264 g/mol. The number of nitrogens with one attached hydrogen (secondary N) is 2. The van der Waals surface area contributed by atoms with Crippen LogP contribution in [0.1, 0.15) is 25.6 Å².